The van der Waals surface area contributed by atoms with Gasteiger partial charge in [-0.1, -0.05) is 0 Å². The molecule has 6 nitrogen and oxygen atoms in total. The number of nitrogens with zero attached hydrogens (tertiary/aromatic N) is 3. The van der Waals surface area contributed by atoms with Gasteiger partial charge in [-0.3, -0.25) is 4.79 Å². The summed E-state index contributed by atoms with van der Waals surface area (Å²) in [4.78, 5) is 24.3. The van der Waals surface area contributed by atoms with E-state index in [9.17, 15) is 4.79 Å². The van der Waals surface area contributed by atoms with Gasteiger partial charge in [0.25, 0.3) is 5.91 Å². The van der Waals surface area contributed by atoms with E-state index in [0.29, 0.717) is 6.04 Å². The van der Waals surface area contributed by atoms with Gasteiger partial charge in [0.1, 0.15) is 5.82 Å². The molecule has 1 fully saturated rings. The number of amides is 1. The summed E-state index contributed by atoms with van der Waals surface area (Å²) in [5.74, 6) is 1.84. The third-order valence-electron chi connectivity index (χ3n) is 6.09. The molecular weight excluding hydrogens is 489 g/mol. The van der Waals surface area contributed by atoms with Crippen molar-refractivity contribution in [3.05, 3.63) is 44.7 Å². The molecule has 1 aromatic carbocycles. The van der Waals surface area contributed by atoms with Crippen molar-refractivity contribution in [1.29, 1.82) is 0 Å². The SMILES string of the molecule is CN(C)c1nc(NC2CCC(NC(=O)c3ccc(I)cc3)CC2)nc2c1CCCC2. The monoisotopic (exact) mass is 519 g/mol. The van der Waals surface area contributed by atoms with Crippen molar-refractivity contribution >= 4 is 40.3 Å². The summed E-state index contributed by atoms with van der Waals surface area (Å²) in [5.41, 5.74) is 3.26. The molecule has 0 bridgehead atoms. The van der Waals surface area contributed by atoms with Crippen molar-refractivity contribution in [2.45, 2.75) is 63.5 Å². The van der Waals surface area contributed by atoms with Crippen LogP contribution in [0.5, 0.6) is 0 Å². The lowest BCUT2D eigenvalue weighted by Gasteiger charge is -2.30. The van der Waals surface area contributed by atoms with E-state index in [0.717, 1.165) is 59.4 Å². The lowest BCUT2D eigenvalue weighted by Crippen LogP contribution is -2.40. The maximum absolute atomic E-state index is 12.5. The molecule has 30 heavy (non-hydrogen) atoms. The lowest BCUT2D eigenvalue weighted by molar-refractivity contribution is 0.0926. The average molecular weight is 519 g/mol. The number of hydrogen-bond acceptors (Lipinski definition) is 5. The van der Waals surface area contributed by atoms with Gasteiger partial charge in [-0.05, 0) is 98.2 Å². The van der Waals surface area contributed by atoms with Gasteiger partial charge in [-0.2, -0.15) is 4.98 Å². The highest BCUT2D eigenvalue weighted by Gasteiger charge is 2.25. The molecule has 1 aromatic heterocycles. The number of fused-ring (bicyclic) bond motifs is 1. The molecule has 2 aromatic rings. The summed E-state index contributed by atoms with van der Waals surface area (Å²) in [7, 11) is 4.12. The molecule has 1 saturated carbocycles. The Morgan fingerprint density at radius 1 is 1.00 bits per heavy atom. The molecular formula is C23H30IN5O. The number of hydrogen-bond donors (Lipinski definition) is 2. The maximum atomic E-state index is 12.5. The fraction of sp³-hybridized carbons (Fsp3) is 0.522. The van der Waals surface area contributed by atoms with Crippen molar-refractivity contribution in [1.82, 2.24) is 15.3 Å². The molecule has 1 heterocycles. The Bertz CT molecular complexity index is 891. The Kier molecular flexibility index (Phi) is 6.75. The summed E-state index contributed by atoms with van der Waals surface area (Å²) in [6.45, 7) is 0. The molecule has 0 saturated heterocycles. The molecule has 2 N–H and O–H groups in total. The van der Waals surface area contributed by atoms with E-state index in [4.69, 9.17) is 9.97 Å². The summed E-state index contributed by atoms with van der Waals surface area (Å²) in [6, 6.07) is 8.30. The van der Waals surface area contributed by atoms with Gasteiger partial charge in [0.2, 0.25) is 5.95 Å². The first-order valence-electron chi connectivity index (χ1n) is 10.9. The van der Waals surface area contributed by atoms with Crippen molar-refractivity contribution in [3.63, 3.8) is 0 Å². The van der Waals surface area contributed by atoms with Crippen LogP contribution in [0.25, 0.3) is 0 Å². The first-order valence-corrected chi connectivity index (χ1v) is 12.0. The molecule has 2 aliphatic carbocycles. The van der Waals surface area contributed by atoms with Crippen LogP contribution in [0, 0.1) is 3.57 Å². The number of aryl methyl sites for hydroxylation is 1. The predicted molar refractivity (Wildman–Crippen MR) is 129 cm³/mol. The highest BCUT2D eigenvalue weighted by Crippen LogP contribution is 2.29. The van der Waals surface area contributed by atoms with E-state index in [2.05, 4.69) is 52.2 Å². The number of halogens is 1. The van der Waals surface area contributed by atoms with Crippen molar-refractivity contribution in [3.8, 4) is 0 Å². The maximum Gasteiger partial charge on any atom is 0.251 e. The highest BCUT2D eigenvalue weighted by atomic mass is 127. The Hall–Kier alpha value is -1.90. The second kappa shape index (κ2) is 9.49. The van der Waals surface area contributed by atoms with E-state index < -0.39 is 0 Å². The van der Waals surface area contributed by atoms with Gasteiger partial charge in [-0.25, -0.2) is 4.98 Å². The lowest BCUT2D eigenvalue weighted by atomic mass is 9.91. The van der Waals surface area contributed by atoms with Gasteiger partial charge in [0.05, 0.1) is 5.69 Å². The van der Waals surface area contributed by atoms with Crippen molar-refractivity contribution < 1.29 is 4.79 Å². The molecule has 0 radical (unpaired) electrons. The van der Waals surface area contributed by atoms with E-state index >= 15 is 0 Å². The summed E-state index contributed by atoms with van der Waals surface area (Å²) in [6.07, 6.45) is 8.52. The minimum Gasteiger partial charge on any atom is -0.362 e. The largest absolute Gasteiger partial charge is 0.362 e. The van der Waals surface area contributed by atoms with Crippen LogP contribution in [0.2, 0.25) is 0 Å². The summed E-state index contributed by atoms with van der Waals surface area (Å²) >= 11 is 2.25. The van der Waals surface area contributed by atoms with Crippen LogP contribution in [0.4, 0.5) is 11.8 Å². The Labute approximate surface area is 192 Å². The number of aromatic nitrogens is 2. The first-order chi connectivity index (χ1) is 14.5. The number of carbonyl (C=O) groups is 1. The third-order valence-corrected chi connectivity index (χ3v) is 6.81. The number of anilines is 2. The Morgan fingerprint density at radius 3 is 2.37 bits per heavy atom. The van der Waals surface area contributed by atoms with E-state index in [-0.39, 0.29) is 11.9 Å². The van der Waals surface area contributed by atoms with Gasteiger partial charge in [0, 0.05) is 40.9 Å². The second-order valence-electron chi connectivity index (χ2n) is 8.57. The molecule has 160 valence electrons. The standard InChI is InChI=1S/C23H30IN5O/c1-29(2)21-19-5-3-4-6-20(19)27-23(28-21)26-18-13-11-17(12-14-18)25-22(30)15-7-9-16(24)10-8-15/h7-10,17-18H,3-6,11-14H2,1-2H3,(H,25,30)(H,26,27,28). The van der Waals surface area contributed by atoms with Crippen LogP contribution in [0.1, 0.15) is 60.1 Å². The molecule has 0 atom stereocenters. The van der Waals surface area contributed by atoms with Crippen LogP contribution >= 0.6 is 22.6 Å². The van der Waals surface area contributed by atoms with Crippen LogP contribution in [0.3, 0.4) is 0 Å². The fourth-order valence-electron chi connectivity index (χ4n) is 4.44. The number of carbonyl (C=O) groups excluding carboxylic acids is 1. The molecule has 7 heteroatoms. The highest BCUT2D eigenvalue weighted by molar-refractivity contribution is 14.1. The Morgan fingerprint density at radius 2 is 1.67 bits per heavy atom. The van der Waals surface area contributed by atoms with Crippen LogP contribution < -0.4 is 15.5 Å². The number of nitrogens with one attached hydrogen (secondary N) is 2. The second-order valence-corrected chi connectivity index (χ2v) is 9.82. The van der Waals surface area contributed by atoms with E-state index in [1.165, 1.54) is 24.1 Å². The zero-order valence-electron chi connectivity index (χ0n) is 17.7. The minimum absolute atomic E-state index is 0.0245. The van der Waals surface area contributed by atoms with Crippen LogP contribution in [0.15, 0.2) is 24.3 Å². The molecule has 2 aliphatic rings. The van der Waals surface area contributed by atoms with Crippen LogP contribution in [-0.2, 0) is 12.8 Å². The predicted octanol–water partition coefficient (Wildman–Crippen LogP) is 4.18. The van der Waals surface area contributed by atoms with E-state index in [1.807, 2.05) is 24.3 Å². The van der Waals surface area contributed by atoms with Crippen LogP contribution in [-0.4, -0.2) is 42.1 Å². The normalized spacial score (nSPS) is 20.9. The van der Waals surface area contributed by atoms with Gasteiger partial charge < -0.3 is 15.5 Å². The molecule has 0 aliphatic heterocycles. The van der Waals surface area contributed by atoms with Crippen molar-refractivity contribution in [2.75, 3.05) is 24.3 Å². The van der Waals surface area contributed by atoms with Gasteiger partial charge in [0.15, 0.2) is 0 Å². The van der Waals surface area contributed by atoms with Crippen molar-refractivity contribution in [2.24, 2.45) is 0 Å². The zero-order valence-corrected chi connectivity index (χ0v) is 19.9. The molecule has 0 unspecified atom stereocenters. The quantitative estimate of drug-likeness (QED) is 0.581. The smallest absolute Gasteiger partial charge is 0.251 e. The first kappa shape index (κ1) is 21.3. The van der Waals surface area contributed by atoms with E-state index in [1.54, 1.807) is 0 Å². The van der Waals surface area contributed by atoms with Gasteiger partial charge >= 0.3 is 0 Å². The summed E-state index contributed by atoms with van der Waals surface area (Å²) in [5, 5.41) is 6.77. The number of rotatable bonds is 5. The average Bonchev–Trinajstić information content (AvgIpc) is 2.75. The zero-order chi connectivity index (χ0) is 21.1. The fourth-order valence-corrected chi connectivity index (χ4v) is 4.80. The topological polar surface area (TPSA) is 70.2 Å². The minimum atomic E-state index is 0.0245. The molecule has 1 amide bonds. The molecule has 0 spiro atoms. The third kappa shape index (κ3) is 5.04. The van der Waals surface area contributed by atoms with Gasteiger partial charge in [-0.15, -0.1) is 0 Å². The Balaban J connectivity index is 1.34. The number of benzene rings is 1. The molecule has 4 rings (SSSR count). The summed E-state index contributed by atoms with van der Waals surface area (Å²) < 4.78 is 1.14.